The predicted molar refractivity (Wildman–Crippen MR) is 99.3 cm³/mol. The van der Waals surface area contributed by atoms with Crippen molar-refractivity contribution in [2.24, 2.45) is 0 Å². The fraction of sp³-hybridized carbons (Fsp3) is 0.100. The molecular weight excluding hydrogens is 335 g/mol. The smallest absolute Gasteiger partial charge is 0.272 e. The fourth-order valence-electron chi connectivity index (χ4n) is 2.69. The number of anilines is 1. The molecule has 0 radical (unpaired) electrons. The normalized spacial score (nSPS) is 10.5. The predicted octanol–water partition coefficient (Wildman–Crippen LogP) is 3.59. The highest BCUT2D eigenvalue weighted by Crippen LogP contribution is 2.20. The summed E-state index contributed by atoms with van der Waals surface area (Å²) in [6.07, 6.45) is 1.55. The highest BCUT2D eigenvalue weighted by molar-refractivity contribution is 6.05. The van der Waals surface area contributed by atoms with Gasteiger partial charge in [0.1, 0.15) is 17.3 Å². The van der Waals surface area contributed by atoms with E-state index in [1.165, 1.54) is 35.9 Å². The van der Waals surface area contributed by atoms with Crippen molar-refractivity contribution in [2.75, 3.05) is 12.4 Å². The molecule has 1 amide bonds. The number of methoxy groups -OCH3 is 1. The van der Waals surface area contributed by atoms with Crippen LogP contribution in [0.2, 0.25) is 0 Å². The number of hydrogen-bond acceptors (Lipinski definition) is 3. The van der Waals surface area contributed by atoms with Crippen LogP contribution in [0.4, 0.5) is 10.1 Å². The van der Waals surface area contributed by atoms with Crippen LogP contribution in [-0.2, 0) is 6.54 Å². The Bertz CT molecular complexity index is 1040. The summed E-state index contributed by atoms with van der Waals surface area (Å²) in [6, 6.07) is 12.1. The lowest BCUT2D eigenvalue weighted by Crippen LogP contribution is -2.28. The number of fused-ring (bicyclic) bond motifs is 1. The minimum atomic E-state index is -0.472. The second-order valence-electron chi connectivity index (χ2n) is 5.65. The summed E-state index contributed by atoms with van der Waals surface area (Å²) in [5, 5.41) is 3.75. The quantitative estimate of drug-likeness (QED) is 0.714. The number of allylic oxidation sites excluding steroid dienone is 1. The monoisotopic (exact) mass is 352 g/mol. The second kappa shape index (κ2) is 7.23. The Morgan fingerprint density at radius 2 is 1.96 bits per heavy atom. The molecule has 1 N–H and O–H groups in total. The molecule has 0 saturated heterocycles. The van der Waals surface area contributed by atoms with E-state index in [1.807, 2.05) is 0 Å². The van der Waals surface area contributed by atoms with E-state index in [1.54, 1.807) is 30.3 Å². The molecule has 2 aromatic carbocycles. The molecule has 3 rings (SSSR count). The van der Waals surface area contributed by atoms with Crippen molar-refractivity contribution in [1.82, 2.24) is 4.57 Å². The van der Waals surface area contributed by atoms with E-state index in [2.05, 4.69) is 11.9 Å². The Labute approximate surface area is 149 Å². The molecule has 0 aliphatic rings. The third-order valence-electron chi connectivity index (χ3n) is 3.96. The van der Waals surface area contributed by atoms with Gasteiger partial charge in [0.15, 0.2) is 0 Å². The molecule has 3 aromatic rings. The molecule has 0 atom stereocenters. The maximum absolute atomic E-state index is 13.0. The van der Waals surface area contributed by atoms with Crippen LogP contribution in [0.25, 0.3) is 10.8 Å². The van der Waals surface area contributed by atoms with Crippen molar-refractivity contribution < 1.29 is 13.9 Å². The van der Waals surface area contributed by atoms with Crippen molar-refractivity contribution in [3.63, 3.8) is 0 Å². The van der Waals surface area contributed by atoms with Crippen LogP contribution in [0.3, 0.4) is 0 Å². The molecule has 6 heteroatoms. The van der Waals surface area contributed by atoms with Gasteiger partial charge in [-0.05, 0) is 53.9 Å². The van der Waals surface area contributed by atoms with Crippen molar-refractivity contribution >= 4 is 22.4 Å². The van der Waals surface area contributed by atoms with Gasteiger partial charge in [0, 0.05) is 17.6 Å². The van der Waals surface area contributed by atoms with Gasteiger partial charge in [-0.1, -0.05) is 6.08 Å². The molecule has 0 unspecified atom stereocenters. The Hall–Kier alpha value is -3.41. The number of halogens is 1. The van der Waals surface area contributed by atoms with Gasteiger partial charge in [0.25, 0.3) is 11.5 Å². The zero-order valence-electron chi connectivity index (χ0n) is 14.2. The molecule has 0 bridgehead atoms. The molecule has 0 fully saturated rings. The first-order valence-electron chi connectivity index (χ1n) is 7.93. The van der Waals surface area contributed by atoms with Gasteiger partial charge in [-0.25, -0.2) is 4.39 Å². The van der Waals surface area contributed by atoms with Gasteiger partial charge in [-0.3, -0.25) is 14.2 Å². The third kappa shape index (κ3) is 3.35. The van der Waals surface area contributed by atoms with Crippen molar-refractivity contribution in [3.8, 4) is 5.75 Å². The molecule has 132 valence electrons. The van der Waals surface area contributed by atoms with Gasteiger partial charge in [-0.2, -0.15) is 0 Å². The SMILES string of the molecule is C=CCn1c(C(=O)Nc2ccc(F)cc2)cc2cc(OC)ccc2c1=O. The van der Waals surface area contributed by atoms with Crippen LogP contribution in [0.15, 0.2) is 66.0 Å². The highest BCUT2D eigenvalue weighted by atomic mass is 19.1. The summed E-state index contributed by atoms with van der Waals surface area (Å²) in [5.41, 5.74) is 0.314. The topological polar surface area (TPSA) is 60.3 Å². The maximum atomic E-state index is 13.0. The van der Waals surface area contributed by atoms with E-state index in [9.17, 15) is 14.0 Å². The zero-order valence-corrected chi connectivity index (χ0v) is 14.2. The van der Waals surface area contributed by atoms with Crippen LogP contribution in [0.1, 0.15) is 10.5 Å². The average molecular weight is 352 g/mol. The molecular formula is C20H17FN2O3. The second-order valence-corrected chi connectivity index (χ2v) is 5.65. The van der Waals surface area contributed by atoms with E-state index < -0.39 is 11.7 Å². The molecule has 1 aromatic heterocycles. The van der Waals surface area contributed by atoms with Gasteiger partial charge < -0.3 is 10.1 Å². The maximum Gasteiger partial charge on any atom is 0.272 e. The summed E-state index contributed by atoms with van der Waals surface area (Å²) < 4.78 is 19.6. The average Bonchev–Trinajstić information content (AvgIpc) is 2.65. The fourth-order valence-corrected chi connectivity index (χ4v) is 2.69. The molecule has 0 saturated carbocycles. The van der Waals surface area contributed by atoms with Crippen LogP contribution in [0.5, 0.6) is 5.75 Å². The lowest BCUT2D eigenvalue weighted by molar-refractivity contribution is 0.101. The highest BCUT2D eigenvalue weighted by Gasteiger charge is 2.16. The standard InChI is InChI=1S/C20H17FN2O3/c1-3-10-23-18(19(24)22-15-6-4-14(21)5-7-15)12-13-11-16(26-2)8-9-17(13)20(23)25/h3-9,11-12H,1,10H2,2H3,(H,22,24). The van der Waals surface area contributed by atoms with Crippen LogP contribution in [0, 0.1) is 5.82 Å². The lowest BCUT2D eigenvalue weighted by Gasteiger charge is -2.13. The molecule has 0 aliphatic carbocycles. The molecule has 26 heavy (non-hydrogen) atoms. The molecule has 0 aliphatic heterocycles. The number of hydrogen-bond donors (Lipinski definition) is 1. The summed E-state index contributed by atoms with van der Waals surface area (Å²) in [6.45, 7) is 3.83. The third-order valence-corrected chi connectivity index (χ3v) is 3.96. The van der Waals surface area contributed by atoms with Crippen LogP contribution in [-0.4, -0.2) is 17.6 Å². The van der Waals surface area contributed by atoms with E-state index in [0.717, 1.165) is 0 Å². The Morgan fingerprint density at radius 1 is 1.23 bits per heavy atom. The minimum Gasteiger partial charge on any atom is -0.497 e. The number of nitrogens with one attached hydrogen (secondary N) is 1. The first kappa shape index (κ1) is 17.4. The minimum absolute atomic E-state index is 0.181. The van der Waals surface area contributed by atoms with Gasteiger partial charge in [0.05, 0.1) is 7.11 Å². The van der Waals surface area contributed by atoms with Crippen molar-refractivity contribution in [1.29, 1.82) is 0 Å². The van der Waals surface area contributed by atoms with Crippen molar-refractivity contribution in [3.05, 3.63) is 83.1 Å². The van der Waals surface area contributed by atoms with Crippen LogP contribution >= 0.6 is 0 Å². The number of carbonyl (C=O) groups is 1. The number of carbonyl (C=O) groups excluding carboxylic acids is 1. The zero-order chi connectivity index (χ0) is 18.7. The first-order chi connectivity index (χ1) is 12.5. The Kier molecular flexibility index (Phi) is 4.84. The Balaban J connectivity index is 2.10. The number of pyridine rings is 1. The lowest BCUT2D eigenvalue weighted by atomic mass is 10.1. The molecule has 0 spiro atoms. The van der Waals surface area contributed by atoms with E-state index in [0.29, 0.717) is 22.2 Å². The van der Waals surface area contributed by atoms with E-state index in [-0.39, 0.29) is 17.8 Å². The van der Waals surface area contributed by atoms with E-state index in [4.69, 9.17) is 4.74 Å². The first-order valence-corrected chi connectivity index (χ1v) is 7.93. The largest absolute Gasteiger partial charge is 0.497 e. The summed E-state index contributed by atoms with van der Waals surface area (Å²) in [4.78, 5) is 25.5. The van der Waals surface area contributed by atoms with Crippen LogP contribution < -0.4 is 15.6 Å². The van der Waals surface area contributed by atoms with Gasteiger partial charge >= 0.3 is 0 Å². The Morgan fingerprint density at radius 3 is 2.62 bits per heavy atom. The molecule has 5 nitrogen and oxygen atoms in total. The van der Waals surface area contributed by atoms with Gasteiger partial charge in [0.2, 0.25) is 0 Å². The van der Waals surface area contributed by atoms with Crippen molar-refractivity contribution in [2.45, 2.75) is 6.54 Å². The number of rotatable bonds is 5. The number of ether oxygens (including phenoxy) is 1. The molecule has 1 heterocycles. The summed E-state index contributed by atoms with van der Waals surface area (Å²) in [7, 11) is 1.53. The number of amides is 1. The summed E-state index contributed by atoms with van der Waals surface area (Å²) in [5.74, 6) is -0.284. The number of aromatic nitrogens is 1. The van der Waals surface area contributed by atoms with Gasteiger partial charge in [-0.15, -0.1) is 6.58 Å². The number of nitrogens with zero attached hydrogens (tertiary/aromatic N) is 1. The van der Waals surface area contributed by atoms with E-state index >= 15 is 0 Å². The summed E-state index contributed by atoms with van der Waals surface area (Å²) >= 11 is 0. The number of benzene rings is 2.